The van der Waals surface area contributed by atoms with Gasteiger partial charge in [-0.05, 0) is 68.6 Å². The molecule has 180 valence electrons. The van der Waals surface area contributed by atoms with Gasteiger partial charge in [-0.15, -0.1) is 0 Å². The van der Waals surface area contributed by atoms with Gasteiger partial charge in [-0.3, -0.25) is 10.1 Å². The lowest BCUT2D eigenvalue weighted by molar-refractivity contribution is -0.117. The molecule has 2 fully saturated rings. The fourth-order valence-electron chi connectivity index (χ4n) is 5.36. The van der Waals surface area contributed by atoms with Gasteiger partial charge in [-0.25, -0.2) is 23.3 Å². The summed E-state index contributed by atoms with van der Waals surface area (Å²) >= 11 is 1.21. The first kappa shape index (κ1) is 24.0. The Balaban J connectivity index is 1.36. The minimum atomic E-state index is -3.83. The molecule has 0 spiro atoms. The minimum absolute atomic E-state index is 0.00767. The van der Waals surface area contributed by atoms with E-state index in [0.29, 0.717) is 29.1 Å². The van der Waals surface area contributed by atoms with E-state index in [4.69, 9.17) is 5.14 Å². The second-order valence-corrected chi connectivity index (χ2v) is 11.7. The van der Waals surface area contributed by atoms with Gasteiger partial charge < -0.3 is 9.88 Å². The number of urea groups is 1. The highest BCUT2D eigenvalue weighted by atomic mass is 32.2. The van der Waals surface area contributed by atoms with Gasteiger partial charge in [-0.1, -0.05) is 25.1 Å². The van der Waals surface area contributed by atoms with Crippen molar-refractivity contribution in [2.45, 2.75) is 68.6 Å². The zero-order chi connectivity index (χ0) is 23.8. The summed E-state index contributed by atoms with van der Waals surface area (Å²) in [6.07, 6.45) is 5.82. The van der Waals surface area contributed by atoms with Crippen LogP contribution in [0.4, 0.5) is 4.79 Å². The number of imide groups is 1. The number of amides is 3. The lowest BCUT2D eigenvalue weighted by Gasteiger charge is -2.28. The summed E-state index contributed by atoms with van der Waals surface area (Å²) in [7, 11) is -3.83. The Morgan fingerprint density at radius 3 is 2.73 bits per heavy atom. The van der Waals surface area contributed by atoms with Gasteiger partial charge in [0.05, 0.1) is 21.7 Å². The fraction of sp³-hybridized carbons (Fsp3) is 0.591. The Hall–Kier alpha value is -2.11. The van der Waals surface area contributed by atoms with Crippen molar-refractivity contribution in [3.05, 3.63) is 18.2 Å². The zero-order valence-corrected chi connectivity index (χ0v) is 20.5. The smallest absolute Gasteiger partial charge is 0.321 e. The Morgan fingerprint density at radius 2 is 2.09 bits per heavy atom. The van der Waals surface area contributed by atoms with Gasteiger partial charge in [0.15, 0.2) is 5.16 Å². The Kier molecular flexibility index (Phi) is 7.01. The standard InChI is InChI=1S/C22H31N5O4S2/c1-3-8-27-19-7-6-16(33(23,30)31)11-18(19)25-22(27)32-12-20(28)26-21(29)24-13(2)17-10-14-4-5-15(17)9-14/h6-7,11,13-15,17H,3-5,8-10,12H2,1-2H3,(H2,23,30,31)(H2,24,26,28,29). The average molecular weight is 494 g/mol. The van der Waals surface area contributed by atoms with Crippen LogP contribution in [0.2, 0.25) is 0 Å². The Labute approximate surface area is 198 Å². The van der Waals surface area contributed by atoms with Gasteiger partial charge in [0.2, 0.25) is 15.9 Å². The summed E-state index contributed by atoms with van der Waals surface area (Å²) in [5, 5.41) is 11.2. The Morgan fingerprint density at radius 1 is 1.30 bits per heavy atom. The number of primary sulfonamides is 1. The van der Waals surface area contributed by atoms with Crippen molar-refractivity contribution >= 4 is 44.8 Å². The van der Waals surface area contributed by atoms with Crippen LogP contribution in [-0.4, -0.2) is 41.7 Å². The van der Waals surface area contributed by atoms with Gasteiger partial charge in [0, 0.05) is 12.6 Å². The minimum Gasteiger partial charge on any atom is -0.335 e. The van der Waals surface area contributed by atoms with E-state index in [1.807, 2.05) is 18.4 Å². The number of hydrogen-bond donors (Lipinski definition) is 3. The summed E-state index contributed by atoms with van der Waals surface area (Å²) in [4.78, 5) is 29.2. The van der Waals surface area contributed by atoms with Crippen molar-refractivity contribution in [1.29, 1.82) is 0 Å². The number of nitrogens with two attached hydrogens (primary N) is 1. The first-order valence-corrected chi connectivity index (χ1v) is 13.9. The molecule has 4 atom stereocenters. The molecule has 0 radical (unpaired) electrons. The second-order valence-electron chi connectivity index (χ2n) is 9.18. The second kappa shape index (κ2) is 9.63. The van der Waals surface area contributed by atoms with Gasteiger partial charge in [0.1, 0.15) is 0 Å². The number of aromatic nitrogens is 2. The van der Waals surface area contributed by atoms with Crippen molar-refractivity contribution < 1.29 is 18.0 Å². The SMILES string of the molecule is CCCn1c(SCC(=O)NC(=O)NC(C)C2CC3CCC2C3)nc2cc(S(N)(=O)=O)ccc21. The van der Waals surface area contributed by atoms with Crippen LogP contribution in [0.1, 0.15) is 46.0 Å². The van der Waals surface area contributed by atoms with Crippen LogP contribution in [0.3, 0.4) is 0 Å². The maximum Gasteiger partial charge on any atom is 0.321 e. The van der Waals surface area contributed by atoms with Gasteiger partial charge >= 0.3 is 6.03 Å². The van der Waals surface area contributed by atoms with E-state index in [2.05, 4.69) is 15.6 Å². The van der Waals surface area contributed by atoms with Crippen LogP contribution in [0, 0.1) is 17.8 Å². The largest absolute Gasteiger partial charge is 0.335 e. The van der Waals surface area contributed by atoms with Crippen molar-refractivity contribution in [3.63, 3.8) is 0 Å². The maximum absolute atomic E-state index is 12.4. The molecule has 9 nitrogen and oxygen atoms in total. The van der Waals surface area contributed by atoms with E-state index in [9.17, 15) is 18.0 Å². The first-order chi connectivity index (χ1) is 15.7. The van der Waals surface area contributed by atoms with Crippen LogP contribution < -0.4 is 15.8 Å². The number of imidazole rings is 1. The highest BCUT2D eigenvalue weighted by Gasteiger charge is 2.42. The number of carbonyl (C=O) groups excluding carboxylic acids is 2. The normalized spacial score (nSPS) is 23.1. The van der Waals surface area contributed by atoms with Gasteiger partial charge in [0.25, 0.3) is 0 Å². The summed E-state index contributed by atoms with van der Waals surface area (Å²) in [5.74, 6) is 1.60. The lowest BCUT2D eigenvalue weighted by Crippen LogP contribution is -2.47. The lowest BCUT2D eigenvalue weighted by atomic mass is 9.84. The van der Waals surface area contributed by atoms with Crippen LogP contribution in [-0.2, 0) is 21.4 Å². The highest BCUT2D eigenvalue weighted by molar-refractivity contribution is 7.99. The third-order valence-electron chi connectivity index (χ3n) is 6.84. The van der Waals surface area contributed by atoms with Crippen LogP contribution in [0.25, 0.3) is 11.0 Å². The number of rotatable bonds is 8. The summed E-state index contributed by atoms with van der Waals surface area (Å²) in [6, 6.07) is 4.14. The predicted molar refractivity (Wildman–Crippen MR) is 127 cm³/mol. The molecule has 33 heavy (non-hydrogen) atoms. The third-order valence-corrected chi connectivity index (χ3v) is 8.73. The molecule has 4 rings (SSSR count). The monoisotopic (exact) mass is 493 g/mol. The summed E-state index contributed by atoms with van der Waals surface area (Å²) in [6.45, 7) is 4.71. The van der Waals surface area contributed by atoms with Crippen LogP contribution in [0.5, 0.6) is 0 Å². The number of benzene rings is 1. The third kappa shape index (κ3) is 5.36. The van der Waals surface area contributed by atoms with E-state index in [0.717, 1.165) is 24.3 Å². The van der Waals surface area contributed by atoms with Crippen molar-refractivity contribution in [1.82, 2.24) is 20.2 Å². The highest BCUT2D eigenvalue weighted by Crippen LogP contribution is 2.49. The van der Waals surface area contributed by atoms with Crippen molar-refractivity contribution in [3.8, 4) is 0 Å². The molecule has 2 aliphatic carbocycles. The van der Waals surface area contributed by atoms with E-state index < -0.39 is 22.0 Å². The molecule has 1 aromatic carbocycles. The molecule has 2 aliphatic rings. The molecule has 2 bridgehead atoms. The fourth-order valence-corrected chi connectivity index (χ4v) is 6.74. The molecule has 0 saturated heterocycles. The molecule has 2 saturated carbocycles. The number of fused-ring (bicyclic) bond motifs is 3. The van der Waals surface area contributed by atoms with E-state index in [-0.39, 0.29) is 16.7 Å². The number of nitrogens with zero attached hydrogens (tertiary/aromatic N) is 2. The number of hydrogen-bond acceptors (Lipinski definition) is 6. The molecule has 11 heteroatoms. The molecule has 1 heterocycles. The number of carbonyl (C=O) groups is 2. The van der Waals surface area contributed by atoms with Crippen LogP contribution in [0.15, 0.2) is 28.3 Å². The summed E-state index contributed by atoms with van der Waals surface area (Å²) in [5.41, 5.74) is 1.26. The van der Waals surface area contributed by atoms with E-state index >= 15 is 0 Å². The molecule has 4 N–H and O–H groups in total. The quantitative estimate of drug-likeness (QED) is 0.484. The molecule has 1 aromatic heterocycles. The van der Waals surface area contributed by atoms with Crippen LogP contribution >= 0.6 is 11.8 Å². The Bertz CT molecular complexity index is 1160. The van der Waals surface area contributed by atoms with Crippen molar-refractivity contribution in [2.75, 3.05) is 5.75 Å². The predicted octanol–water partition coefficient (Wildman–Crippen LogP) is 2.84. The molecular formula is C22H31N5O4S2. The number of sulfonamides is 1. The van der Waals surface area contributed by atoms with Gasteiger partial charge in [-0.2, -0.15) is 0 Å². The first-order valence-electron chi connectivity index (χ1n) is 11.4. The molecule has 0 aliphatic heterocycles. The van der Waals surface area contributed by atoms with E-state index in [1.165, 1.54) is 43.2 Å². The molecular weight excluding hydrogens is 462 g/mol. The summed E-state index contributed by atoms with van der Waals surface area (Å²) < 4.78 is 25.3. The molecule has 4 unspecified atom stereocenters. The number of nitrogens with one attached hydrogen (secondary N) is 2. The topological polar surface area (TPSA) is 136 Å². The average Bonchev–Trinajstić information content (AvgIpc) is 3.46. The van der Waals surface area contributed by atoms with Crippen molar-refractivity contribution in [2.24, 2.45) is 22.9 Å². The van der Waals surface area contributed by atoms with E-state index in [1.54, 1.807) is 6.07 Å². The molecule has 3 amide bonds. The maximum atomic E-state index is 12.4. The molecule has 2 aromatic rings. The number of thioether (sulfide) groups is 1. The number of aryl methyl sites for hydroxylation is 1. The zero-order valence-electron chi connectivity index (χ0n) is 18.9.